The molecule has 2 rings (SSSR count). The van der Waals surface area contributed by atoms with E-state index in [0.29, 0.717) is 22.0 Å². The van der Waals surface area contributed by atoms with E-state index in [1.165, 1.54) is 6.20 Å². The molecule has 0 bridgehead atoms. The number of esters is 1. The van der Waals surface area contributed by atoms with Crippen molar-refractivity contribution in [2.24, 2.45) is 0 Å². The molecule has 6 nitrogen and oxygen atoms in total. The maximum atomic E-state index is 11.2. The van der Waals surface area contributed by atoms with Crippen LogP contribution in [0.1, 0.15) is 17.2 Å². The van der Waals surface area contributed by atoms with Gasteiger partial charge < -0.3 is 19.9 Å². The van der Waals surface area contributed by atoms with Gasteiger partial charge in [-0.05, 0) is 18.2 Å². The van der Waals surface area contributed by atoms with Crippen LogP contribution in [0.2, 0.25) is 0 Å². The van der Waals surface area contributed by atoms with Gasteiger partial charge in [-0.1, -0.05) is 0 Å². The summed E-state index contributed by atoms with van der Waals surface area (Å²) in [6.07, 6.45) is -1.60. The Balaban J connectivity index is 2.45. The summed E-state index contributed by atoms with van der Waals surface area (Å²) in [5, 5.41) is 29.1. The van der Waals surface area contributed by atoms with Gasteiger partial charge in [0.2, 0.25) is 0 Å². The number of aromatic nitrogens is 1. The monoisotopic (exact) mass is 260 g/mol. The SMILES string of the molecule is COC(=O)C(O)C(O)c1c[nH]c2ccc(C#N)cc12. The highest BCUT2D eigenvalue weighted by Crippen LogP contribution is 2.27. The summed E-state index contributed by atoms with van der Waals surface area (Å²) in [7, 11) is 1.13. The van der Waals surface area contributed by atoms with E-state index in [0.717, 1.165) is 7.11 Å². The zero-order chi connectivity index (χ0) is 14.0. The Labute approximate surface area is 108 Å². The first-order valence-corrected chi connectivity index (χ1v) is 5.53. The minimum Gasteiger partial charge on any atom is -0.467 e. The number of hydrogen-bond acceptors (Lipinski definition) is 5. The van der Waals surface area contributed by atoms with Crippen molar-refractivity contribution in [3.05, 3.63) is 35.5 Å². The van der Waals surface area contributed by atoms with E-state index >= 15 is 0 Å². The summed E-state index contributed by atoms with van der Waals surface area (Å²) in [5.74, 6) is -0.918. The Hall–Kier alpha value is -2.36. The lowest BCUT2D eigenvalue weighted by atomic mass is 10.0. The van der Waals surface area contributed by atoms with Crippen molar-refractivity contribution in [3.63, 3.8) is 0 Å². The van der Waals surface area contributed by atoms with E-state index in [1.807, 2.05) is 6.07 Å². The first kappa shape index (κ1) is 13.1. The predicted molar refractivity (Wildman–Crippen MR) is 66.0 cm³/mol. The number of aromatic amines is 1. The lowest BCUT2D eigenvalue weighted by molar-refractivity contribution is -0.156. The Bertz CT molecular complexity index is 656. The van der Waals surface area contributed by atoms with Crippen molar-refractivity contribution in [3.8, 4) is 6.07 Å². The number of H-pyrrole nitrogens is 1. The van der Waals surface area contributed by atoms with E-state index in [4.69, 9.17) is 5.26 Å². The average Bonchev–Trinajstić information content (AvgIpc) is 2.87. The molecule has 6 heteroatoms. The van der Waals surface area contributed by atoms with Crippen LogP contribution in [0.3, 0.4) is 0 Å². The van der Waals surface area contributed by atoms with E-state index in [1.54, 1.807) is 18.2 Å². The minimum atomic E-state index is -1.67. The molecule has 2 atom stereocenters. The number of carbonyl (C=O) groups is 1. The van der Waals surface area contributed by atoms with E-state index < -0.39 is 18.2 Å². The Morgan fingerprint density at radius 3 is 2.84 bits per heavy atom. The Morgan fingerprint density at radius 1 is 1.47 bits per heavy atom. The van der Waals surface area contributed by atoms with E-state index in [-0.39, 0.29) is 0 Å². The summed E-state index contributed by atoms with van der Waals surface area (Å²) in [6, 6.07) is 6.89. The van der Waals surface area contributed by atoms with Crippen LogP contribution < -0.4 is 0 Å². The second-order valence-corrected chi connectivity index (χ2v) is 4.03. The molecule has 0 saturated heterocycles. The second kappa shape index (κ2) is 5.10. The topological polar surface area (TPSA) is 106 Å². The lowest BCUT2D eigenvalue weighted by Crippen LogP contribution is -2.28. The highest BCUT2D eigenvalue weighted by Gasteiger charge is 2.28. The zero-order valence-electron chi connectivity index (χ0n) is 10.1. The number of carbonyl (C=O) groups excluding carboxylic acids is 1. The standard InChI is InChI=1S/C13H12N2O4/c1-19-13(18)12(17)11(16)9-6-15-10-3-2-7(5-14)4-8(9)10/h2-4,6,11-12,15-17H,1H3. The summed E-state index contributed by atoms with van der Waals surface area (Å²) in [4.78, 5) is 14.1. The molecular formula is C13H12N2O4. The predicted octanol–water partition coefficient (Wildman–Crippen LogP) is 0.607. The van der Waals surface area contributed by atoms with Crippen LogP contribution in [0, 0.1) is 11.3 Å². The molecule has 0 radical (unpaired) electrons. The number of fused-ring (bicyclic) bond motifs is 1. The van der Waals surface area contributed by atoms with Gasteiger partial charge in [0.15, 0.2) is 6.10 Å². The Morgan fingerprint density at radius 2 is 2.21 bits per heavy atom. The maximum Gasteiger partial charge on any atom is 0.337 e. The van der Waals surface area contributed by atoms with Crippen LogP contribution in [0.15, 0.2) is 24.4 Å². The third-order valence-corrected chi connectivity index (χ3v) is 2.90. The largest absolute Gasteiger partial charge is 0.467 e. The molecule has 0 aliphatic rings. The molecule has 19 heavy (non-hydrogen) atoms. The third-order valence-electron chi connectivity index (χ3n) is 2.90. The van der Waals surface area contributed by atoms with Crippen molar-refractivity contribution in [2.75, 3.05) is 7.11 Å². The molecular weight excluding hydrogens is 248 g/mol. The number of ether oxygens (including phenoxy) is 1. The van der Waals surface area contributed by atoms with Crippen LogP contribution in [0.5, 0.6) is 0 Å². The lowest BCUT2D eigenvalue weighted by Gasteiger charge is -2.15. The molecule has 1 heterocycles. The number of aliphatic hydroxyl groups is 2. The molecule has 2 aromatic rings. The molecule has 3 N–H and O–H groups in total. The third kappa shape index (κ3) is 2.29. The van der Waals surface area contributed by atoms with Gasteiger partial charge in [-0.25, -0.2) is 4.79 Å². The van der Waals surface area contributed by atoms with Crippen molar-refractivity contribution < 1.29 is 19.7 Å². The smallest absolute Gasteiger partial charge is 0.337 e. The van der Waals surface area contributed by atoms with Crippen LogP contribution in [-0.2, 0) is 9.53 Å². The number of benzene rings is 1. The fraction of sp³-hybridized carbons (Fsp3) is 0.231. The van der Waals surface area contributed by atoms with Gasteiger partial charge in [0.1, 0.15) is 6.10 Å². The van der Waals surface area contributed by atoms with Gasteiger partial charge in [-0.3, -0.25) is 0 Å². The maximum absolute atomic E-state index is 11.2. The highest BCUT2D eigenvalue weighted by atomic mass is 16.5. The summed E-state index contributed by atoms with van der Waals surface area (Å²) < 4.78 is 4.38. The molecule has 0 amide bonds. The number of nitriles is 1. The number of hydrogen-bond donors (Lipinski definition) is 3. The molecule has 2 unspecified atom stereocenters. The normalized spacial score (nSPS) is 13.8. The number of nitrogens with one attached hydrogen (secondary N) is 1. The summed E-state index contributed by atoms with van der Waals surface area (Å²) in [5.41, 5.74) is 1.46. The number of aliphatic hydroxyl groups excluding tert-OH is 2. The molecule has 0 saturated carbocycles. The van der Waals surface area contributed by atoms with Crippen LogP contribution in [0.4, 0.5) is 0 Å². The average molecular weight is 260 g/mol. The highest BCUT2D eigenvalue weighted by molar-refractivity contribution is 5.86. The van der Waals surface area contributed by atoms with Gasteiger partial charge >= 0.3 is 5.97 Å². The van der Waals surface area contributed by atoms with Crippen molar-refractivity contribution in [1.82, 2.24) is 4.98 Å². The first-order chi connectivity index (χ1) is 9.08. The fourth-order valence-electron chi connectivity index (χ4n) is 1.88. The van der Waals surface area contributed by atoms with Crippen molar-refractivity contribution in [2.45, 2.75) is 12.2 Å². The van der Waals surface area contributed by atoms with Crippen molar-refractivity contribution >= 4 is 16.9 Å². The van der Waals surface area contributed by atoms with Gasteiger partial charge in [-0.2, -0.15) is 5.26 Å². The number of rotatable bonds is 3. The quantitative estimate of drug-likeness (QED) is 0.701. The first-order valence-electron chi connectivity index (χ1n) is 5.53. The molecule has 1 aromatic carbocycles. The van der Waals surface area contributed by atoms with Gasteiger partial charge in [-0.15, -0.1) is 0 Å². The van der Waals surface area contributed by atoms with Gasteiger partial charge in [0, 0.05) is 22.7 Å². The second-order valence-electron chi connectivity index (χ2n) is 4.03. The van der Waals surface area contributed by atoms with E-state index in [2.05, 4.69) is 9.72 Å². The number of nitrogens with zero attached hydrogens (tertiary/aromatic N) is 1. The van der Waals surface area contributed by atoms with Gasteiger partial charge in [0.25, 0.3) is 0 Å². The summed E-state index contributed by atoms with van der Waals surface area (Å²) in [6.45, 7) is 0. The summed E-state index contributed by atoms with van der Waals surface area (Å²) >= 11 is 0. The molecule has 98 valence electrons. The zero-order valence-corrected chi connectivity index (χ0v) is 10.1. The fourth-order valence-corrected chi connectivity index (χ4v) is 1.88. The van der Waals surface area contributed by atoms with Crippen molar-refractivity contribution in [1.29, 1.82) is 5.26 Å². The Kier molecular flexibility index (Phi) is 3.51. The van der Waals surface area contributed by atoms with Crippen LogP contribution in [-0.4, -0.2) is 34.4 Å². The molecule has 0 aliphatic carbocycles. The molecule has 1 aromatic heterocycles. The van der Waals surface area contributed by atoms with Gasteiger partial charge in [0.05, 0.1) is 18.7 Å². The van der Waals surface area contributed by atoms with Crippen LogP contribution in [0.25, 0.3) is 10.9 Å². The minimum absolute atomic E-state index is 0.338. The molecule has 0 spiro atoms. The van der Waals surface area contributed by atoms with E-state index in [9.17, 15) is 15.0 Å². The molecule has 0 aliphatic heterocycles. The molecule has 0 fully saturated rings. The van der Waals surface area contributed by atoms with Crippen LogP contribution >= 0.6 is 0 Å². The number of methoxy groups -OCH3 is 1.